The van der Waals surface area contributed by atoms with Gasteiger partial charge in [-0.3, -0.25) is 0 Å². The van der Waals surface area contributed by atoms with Crippen LogP contribution in [0.25, 0.3) is 0 Å². The Morgan fingerprint density at radius 1 is 1.47 bits per heavy atom. The summed E-state index contributed by atoms with van der Waals surface area (Å²) in [5.74, 6) is 0. The van der Waals surface area contributed by atoms with Crippen molar-refractivity contribution in [3.8, 4) is 0 Å². The number of nitrogens with zero attached hydrogens (tertiary/aromatic N) is 3. The first kappa shape index (κ1) is 10.3. The quantitative estimate of drug-likeness (QED) is 0.852. The van der Waals surface area contributed by atoms with Crippen LogP contribution in [0.15, 0.2) is 17.9 Å². The van der Waals surface area contributed by atoms with Gasteiger partial charge in [-0.2, -0.15) is 0 Å². The molecule has 2 aromatic heterocycles. The zero-order valence-electron chi connectivity index (χ0n) is 8.90. The van der Waals surface area contributed by atoms with Gasteiger partial charge in [-0.05, 0) is 6.92 Å². The van der Waals surface area contributed by atoms with E-state index in [1.165, 1.54) is 5.69 Å². The molecule has 5 heteroatoms. The highest BCUT2D eigenvalue weighted by atomic mass is 32.1. The van der Waals surface area contributed by atoms with Crippen molar-refractivity contribution in [2.45, 2.75) is 20.0 Å². The van der Waals surface area contributed by atoms with Gasteiger partial charge in [0.1, 0.15) is 0 Å². The van der Waals surface area contributed by atoms with Gasteiger partial charge in [-0.25, -0.2) is 9.97 Å². The van der Waals surface area contributed by atoms with Crippen LogP contribution in [-0.2, 0) is 20.1 Å². The minimum atomic E-state index is 0.815. The standard InChI is InChI=1S/C10H14N4S/c1-8-13-9(6-15-8)3-11-4-10-5-12-7-14(10)2/h5-7,11H,3-4H2,1-2H3. The highest BCUT2D eigenvalue weighted by Gasteiger charge is 2.00. The first-order valence-corrected chi connectivity index (χ1v) is 5.70. The molecule has 4 nitrogen and oxygen atoms in total. The number of hydrogen-bond acceptors (Lipinski definition) is 4. The Labute approximate surface area is 93.0 Å². The lowest BCUT2D eigenvalue weighted by Gasteiger charge is -2.03. The summed E-state index contributed by atoms with van der Waals surface area (Å²) in [6.45, 7) is 3.66. The van der Waals surface area contributed by atoms with Crippen LogP contribution in [0.2, 0.25) is 0 Å². The number of imidazole rings is 1. The van der Waals surface area contributed by atoms with Gasteiger partial charge < -0.3 is 9.88 Å². The molecule has 0 aromatic carbocycles. The molecule has 2 rings (SSSR count). The Hall–Kier alpha value is -1.20. The van der Waals surface area contributed by atoms with Crippen molar-refractivity contribution in [3.05, 3.63) is 34.3 Å². The van der Waals surface area contributed by atoms with E-state index >= 15 is 0 Å². The van der Waals surface area contributed by atoms with Crippen LogP contribution in [0.3, 0.4) is 0 Å². The third-order valence-electron chi connectivity index (χ3n) is 2.20. The fourth-order valence-corrected chi connectivity index (χ4v) is 1.98. The molecule has 0 bridgehead atoms. The van der Waals surface area contributed by atoms with E-state index in [0.717, 1.165) is 23.8 Å². The van der Waals surface area contributed by atoms with Gasteiger partial charge in [0.25, 0.3) is 0 Å². The Bertz CT molecular complexity index is 432. The molecule has 0 aliphatic rings. The van der Waals surface area contributed by atoms with Crippen molar-refractivity contribution in [1.82, 2.24) is 19.9 Å². The molecule has 0 unspecified atom stereocenters. The lowest BCUT2D eigenvalue weighted by molar-refractivity contribution is 0.647. The predicted octanol–water partition coefficient (Wildman–Crippen LogP) is 1.47. The van der Waals surface area contributed by atoms with Crippen LogP contribution in [0, 0.1) is 6.92 Å². The zero-order chi connectivity index (χ0) is 10.7. The van der Waals surface area contributed by atoms with E-state index in [4.69, 9.17) is 0 Å². The average Bonchev–Trinajstić information content (AvgIpc) is 2.77. The lowest BCUT2D eigenvalue weighted by atomic mass is 10.4. The number of rotatable bonds is 4. The number of aromatic nitrogens is 3. The molecule has 0 saturated carbocycles. The minimum absolute atomic E-state index is 0.815. The van der Waals surface area contributed by atoms with Crippen LogP contribution < -0.4 is 5.32 Å². The molecule has 0 aliphatic heterocycles. The van der Waals surface area contributed by atoms with E-state index in [1.54, 1.807) is 11.3 Å². The van der Waals surface area contributed by atoms with Gasteiger partial charge in [0, 0.05) is 31.7 Å². The molecule has 0 spiro atoms. The maximum Gasteiger partial charge on any atom is 0.0945 e. The third kappa shape index (κ3) is 2.64. The van der Waals surface area contributed by atoms with Crippen molar-refractivity contribution in [2.75, 3.05) is 0 Å². The molecule has 0 amide bonds. The fourth-order valence-electron chi connectivity index (χ4n) is 1.36. The van der Waals surface area contributed by atoms with Crippen LogP contribution in [0.1, 0.15) is 16.4 Å². The van der Waals surface area contributed by atoms with Gasteiger partial charge in [0.05, 0.1) is 22.7 Å². The van der Waals surface area contributed by atoms with Gasteiger partial charge in [-0.1, -0.05) is 0 Å². The summed E-state index contributed by atoms with van der Waals surface area (Å²) in [5.41, 5.74) is 2.29. The van der Waals surface area contributed by atoms with E-state index < -0.39 is 0 Å². The molecule has 0 saturated heterocycles. The average molecular weight is 222 g/mol. The molecule has 0 fully saturated rings. The maximum atomic E-state index is 4.39. The topological polar surface area (TPSA) is 42.7 Å². The summed E-state index contributed by atoms with van der Waals surface area (Å²) >= 11 is 1.69. The minimum Gasteiger partial charge on any atom is -0.337 e. The monoisotopic (exact) mass is 222 g/mol. The van der Waals surface area contributed by atoms with Crippen LogP contribution in [0.5, 0.6) is 0 Å². The van der Waals surface area contributed by atoms with Crippen LogP contribution in [-0.4, -0.2) is 14.5 Å². The molecule has 2 aromatic rings. The second kappa shape index (κ2) is 4.55. The fraction of sp³-hybridized carbons (Fsp3) is 0.400. The Morgan fingerprint density at radius 3 is 2.93 bits per heavy atom. The molecular weight excluding hydrogens is 208 g/mol. The summed E-state index contributed by atoms with van der Waals surface area (Å²) in [4.78, 5) is 8.45. The largest absolute Gasteiger partial charge is 0.337 e. The molecule has 0 radical (unpaired) electrons. The molecule has 0 atom stereocenters. The number of nitrogens with one attached hydrogen (secondary N) is 1. The number of aryl methyl sites for hydroxylation is 2. The highest BCUT2D eigenvalue weighted by Crippen LogP contribution is 2.07. The summed E-state index contributed by atoms with van der Waals surface area (Å²) in [6, 6.07) is 0. The normalized spacial score (nSPS) is 10.8. The first-order valence-electron chi connectivity index (χ1n) is 4.82. The molecule has 2 heterocycles. The highest BCUT2D eigenvalue weighted by molar-refractivity contribution is 7.09. The maximum absolute atomic E-state index is 4.39. The second-order valence-corrected chi connectivity index (χ2v) is 4.52. The van der Waals surface area contributed by atoms with Gasteiger partial charge in [0.2, 0.25) is 0 Å². The van der Waals surface area contributed by atoms with Crippen molar-refractivity contribution < 1.29 is 0 Å². The molecular formula is C10H14N4S. The smallest absolute Gasteiger partial charge is 0.0945 e. The van der Waals surface area contributed by atoms with Crippen molar-refractivity contribution >= 4 is 11.3 Å². The van der Waals surface area contributed by atoms with Crippen molar-refractivity contribution in [3.63, 3.8) is 0 Å². The molecule has 1 N–H and O–H groups in total. The molecule has 0 aliphatic carbocycles. The third-order valence-corrected chi connectivity index (χ3v) is 3.02. The Morgan fingerprint density at radius 2 is 2.33 bits per heavy atom. The summed E-state index contributed by atoms with van der Waals surface area (Å²) in [7, 11) is 2.00. The summed E-state index contributed by atoms with van der Waals surface area (Å²) in [6.07, 6.45) is 3.68. The van der Waals surface area contributed by atoms with E-state index in [1.807, 2.05) is 31.1 Å². The van der Waals surface area contributed by atoms with Gasteiger partial charge >= 0.3 is 0 Å². The van der Waals surface area contributed by atoms with E-state index in [0.29, 0.717) is 0 Å². The number of thiazole rings is 1. The van der Waals surface area contributed by atoms with Crippen LogP contribution >= 0.6 is 11.3 Å². The van der Waals surface area contributed by atoms with Gasteiger partial charge in [-0.15, -0.1) is 11.3 Å². The van der Waals surface area contributed by atoms with Gasteiger partial charge in [0.15, 0.2) is 0 Å². The molecule has 15 heavy (non-hydrogen) atoms. The Kier molecular flexibility index (Phi) is 3.13. The second-order valence-electron chi connectivity index (χ2n) is 3.46. The summed E-state index contributed by atoms with van der Waals surface area (Å²) in [5, 5.41) is 6.55. The van der Waals surface area contributed by atoms with E-state index in [2.05, 4.69) is 20.7 Å². The summed E-state index contributed by atoms with van der Waals surface area (Å²) < 4.78 is 2.01. The zero-order valence-corrected chi connectivity index (χ0v) is 9.71. The van der Waals surface area contributed by atoms with Crippen molar-refractivity contribution in [1.29, 1.82) is 0 Å². The van der Waals surface area contributed by atoms with Crippen LogP contribution in [0.4, 0.5) is 0 Å². The Balaban J connectivity index is 1.83. The lowest BCUT2D eigenvalue weighted by Crippen LogP contribution is -2.14. The first-order chi connectivity index (χ1) is 7.25. The van der Waals surface area contributed by atoms with Crippen molar-refractivity contribution in [2.24, 2.45) is 7.05 Å². The number of hydrogen-bond donors (Lipinski definition) is 1. The molecule has 80 valence electrons. The SMILES string of the molecule is Cc1nc(CNCc2cncn2C)cs1. The van der Waals surface area contributed by atoms with E-state index in [9.17, 15) is 0 Å². The predicted molar refractivity (Wildman–Crippen MR) is 60.6 cm³/mol. The van der Waals surface area contributed by atoms with E-state index in [-0.39, 0.29) is 0 Å².